The molecule has 0 saturated heterocycles. The van der Waals surface area contributed by atoms with E-state index in [4.69, 9.17) is 5.84 Å². The second kappa shape index (κ2) is 3.58. The van der Waals surface area contributed by atoms with Gasteiger partial charge in [0.2, 0.25) is 5.91 Å². The monoisotopic (exact) mass is 205 g/mol. The normalized spacial score (nSPS) is 10.3. The van der Waals surface area contributed by atoms with Gasteiger partial charge in [-0.25, -0.2) is 5.84 Å². The SMILES string of the molecule is CC(=O)Nc1ccc2[nH]nc(NN)c2c1. The molecule has 0 unspecified atom stereocenters. The van der Waals surface area contributed by atoms with Gasteiger partial charge in [-0.05, 0) is 18.2 Å². The lowest BCUT2D eigenvalue weighted by atomic mass is 10.2. The number of rotatable bonds is 2. The Labute approximate surface area is 85.8 Å². The lowest BCUT2D eigenvalue weighted by Crippen LogP contribution is -2.07. The highest BCUT2D eigenvalue weighted by Gasteiger charge is 2.05. The Kier molecular flexibility index (Phi) is 2.26. The molecular weight excluding hydrogens is 194 g/mol. The van der Waals surface area contributed by atoms with Crippen molar-refractivity contribution < 1.29 is 4.79 Å². The van der Waals surface area contributed by atoms with Crippen molar-refractivity contribution in [2.24, 2.45) is 5.84 Å². The van der Waals surface area contributed by atoms with Crippen LogP contribution in [0.5, 0.6) is 0 Å². The van der Waals surface area contributed by atoms with Gasteiger partial charge >= 0.3 is 0 Å². The third kappa shape index (κ3) is 1.75. The highest BCUT2D eigenvalue weighted by Crippen LogP contribution is 2.23. The number of hydrazine groups is 1. The van der Waals surface area contributed by atoms with Crippen molar-refractivity contribution >= 4 is 28.3 Å². The van der Waals surface area contributed by atoms with Crippen molar-refractivity contribution in [2.45, 2.75) is 6.92 Å². The topological polar surface area (TPSA) is 95.8 Å². The van der Waals surface area contributed by atoms with E-state index in [2.05, 4.69) is 20.9 Å². The zero-order chi connectivity index (χ0) is 10.8. The van der Waals surface area contributed by atoms with E-state index in [9.17, 15) is 4.79 Å². The minimum absolute atomic E-state index is 0.111. The summed E-state index contributed by atoms with van der Waals surface area (Å²) in [5.41, 5.74) is 4.05. The van der Waals surface area contributed by atoms with Crippen LogP contribution in [0.3, 0.4) is 0 Å². The fraction of sp³-hybridized carbons (Fsp3) is 0.111. The lowest BCUT2D eigenvalue weighted by molar-refractivity contribution is -0.114. The molecule has 0 aliphatic carbocycles. The number of amides is 1. The molecule has 0 spiro atoms. The van der Waals surface area contributed by atoms with Gasteiger partial charge in [0.25, 0.3) is 0 Å². The molecule has 2 rings (SSSR count). The number of nitrogen functional groups attached to an aromatic ring is 1. The first-order chi connectivity index (χ1) is 7.20. The highest BCUT2D eigenvalue weighted by molar-refractivity contribution is 5.96. The standard InChI is InChI=1S/C9H11N5O/c1-5(15)11-6-2-3-8-7(4-6)9(12-10)14-13-8/h2-4H,10H2,1H3,(H,11,15)(H2,12,13,14). The fourth-order valence-corrected chi connectivity index (χ4v) is 1.41. The molecule has 6 nitrogen and oxygen atoms in total. The van der Waals surface area contributed by atoms with Gasteiger partial charge in [-0.1, -0.05) is 0 Å². The zero-order valence-corrected chi connectivity index (χ0v) is 8.16. The molecule has 2 aromatic rings. The summed E-state index contributed by atoms with van der Waals surface area (Å²) in [5.74, 6) is 5.73. The van der Waals surface area contributed by atoms with Crippen LogP contribution in [0.2, 0.25) is 0 Å². The van der Waals surface area contributed by atoms with Gasteiger partial charge in [-0.2, -0.15) is 5.10 Å². The second-order valence-electron chi connectivity index (χ2n) is 3.16. The number of aromatic amines is 1. The summed E-state index contributed by atoms with van der Waals surface area (Å²) in [6.45, 7) is 1.46. The van der Waals surface area contributed by atoms with Crippen LogP contribution in [-0.2, 0) is 4.79 Å². The van der Waals surface area contributed by atoms with Gasteiger partial charge in [0.15, 0.2) is 5.82 Å². The molecule has 78 valence electrons. The van der Waals surface area contributed by atoms with E-state index in [0.717, 1.165) is 10.9 Å². The van der Waals surface area contributed by atoms with E-state index in [1.54, 1.807) is 12.1 Å². The van der Waals surface area contributed by atoms with E-state index in [1.165, 1.54) is 6.92 Å². The summed E-state index contributed by atoms with van der Waals surface area (Å²) < 4.78 is 0. The van der Waals surface area contributed by atoms with E-state index in [1.807, 2.05) is 6.07 Å². The number of nitrogens with one attached hydrogen (secondary N) is 3. The van der Waals surface area contributed by atoms with Gasteiger partial charge in [-0.3, -0.25) is 9.89 Å². The van der Waals surface area contributed by atoms with Crippen LogP contribution in [0.4, 0.5) is 11.5 Å². The molecule has 15 heavy (non-hydrogen) atoms. The quantitative estimate of drug-likeness (QED) is 0.431. The number of carbonyl (C=O) groups is 1. The van der Waals surface area contributed by atoms with Crippen molar-refractivity contribution in [3.05, 3.63) is 18.2 Å². The number of H-pyrrole nitrogens is 1. The lowest BCUT2D eigenvalue weighted by Gasteiger charge is -2.01. The second-order valence-corrected chi connectivity index (χ2v) is 3.16. The first-order valence-corrected chi connectivity index (χ1v) is 4.43. The van der Waals surface area contributed by atoms with Crippen LogP contribution in [-0.4, -0.2) is 16.1 Å². The fourth-order valence-electron chi connectivity index (χ4n) is 1.41. The van der Waals surface area contributed by atoms with Crippen LogP contribution in [0.25, 0.3) is 10.9 Å². The Morgan fingerprint density at radius 2 is 2.33 bits per heavy atom. The molecule has 0 fully saturated rings. The summed E-state index contributed by atoms with van der Waals surface area (Å²) >= 11 is 0. The first kappa shape index (κ1) is 9.47. The summed E-state index contributed by atoms with van der Waals surface area (Å²) in [5, 5.41) is 10.3. The van der Waals surface area contributed by atoms with E-state index in [0.29, 0.717) is 11.5 Å². The molecule has 0 aliphatic heterocycles. The highest BCUT2D eigenvalue weighted by atomic mass is 16.1. The maximum atomic E-state index is 10.9. The van der Waals surface area contributed by atoms with Crippen molar-refractivity contribution in [3.8, 4) is 0 Å². The van der Waals surface area contributed by atoms with Gasteiger partial charge in [0.05, 0.1) is 5.52 Å². The Morgan fingerprint density at radius 3 is 3.00 bits per heavy atom. The average molecular weight is 205 g/mol. The number of nitrogens with two attached hydrogens (primary N) is 1. The van der Waals surface area contributed by atoms with E-state index >= 15 is 0 Å². The molecule has 6 heteroatoms. The van der Waals surface area contributed by atoms with E-state index < -0.39 is 0 Å². The van der Waals surface area contributed by atoms with Crippen LogP contribution in [0.15, 0.2) is 18.2 Å². The van der Waals surface area contributed by atoms with Crippen LogP contribution in [0.1, 0.15) is 6.92 Å². The molecule has 5 N–H and O–H groups in total. The number of anilines is 2. The van der Waals surface area contributed by atoms with Crippen molar-refractivity contribution in [1.82, 2.24) is 10.2 Å². The molecule has 0 atom stereocenters. The molecule has 1 aromatic heterocycles. The molecule has 1 heterocycles. The van der Waals surface area contributed by atoms with Crippen LogP contribution < -0.4 is 16.6 Å². The number of hydrogen-bond donors (Lipinski definition) is 4. The number of hydrogen-bond acceptors (Lipinski definition) is 4. The maximum absolute atomic E-state index is 10.9. The van der Waals surface area contributed by atoms with Gasteiger partial charge in [-0.15, -0.1) is 0 Å². The predicted octanol–water partition coefficient (Wildman–Crippen LogP) is 0.807. The summed E-state index contributed by atoms with van der Waals surface area (Å²) in [7, 11) is 0. The third-order valence-corrected chi connectivity index (χ3v) is 2.02. The number of nitrogens with zero attached hydrogens (tertiary/aromatic N) is 1. The Bertz CT molecular complexity index is 504. The summed E-state index contributed by atoms with van der Waals surface area (Å²) in [4.78, 5) is 10.9. The van der Waals surface area contributed by atoms with Gasteiger partial charge in [0, 0.05) is 18.0 Å². The molecule has 0 radical (unpaired) electrons. The van der Waals surface area contributed by atoms with Crippen molar-refractivity contribution in [2.75, 3.05) is 10.7 Å². The van der Waals surface area contributed by atoms with Crippen molar-refractivity contribution in [3.63, 3.8) is 0 Å². The van der Waals surface area contributed by atoms with Crippen LogP contribution >= 0.6 is 0 Å². The third-order valence-electron chi connectivity index (χ3n) is 2.02. The number of carbonyl (C=O) groups excluding carboxylic acids is 1. The van der Waals surface area contributed by atoms with Gasteiger partial charge in [0.1, 0.15) is 0 Å². The van der Waals surface area contributed by atoms with E-state index in [-0.39, 0.29) is 5.91 Å². The molecule has 1 aromatic carbocycles. The first-order valence-electron chi connectivity index (χ1n) is 4.43. The molecule has 1 amide bonds. The predicted molar refractivity (Wildman–Crippen MR) is 58.2 cm³/mol. The minimum atomic E-state index is -0.111. The van der Waals surface area contributed by atoms with Gasteiger partial charge < -0.3 is 10.7 Å². The Morgan fingerprint density at radius 1 is 1.53 bits per heavy atom. The summed E-state index contributed by atoms with van der Waals surface area (Å²) in [6.07, 6.45) is 0. The van der Waals surface area contributed by atoms with Crippen molar-refractivity contribution in [1.29, 1.82) is 0 Å². The Hall–Kier alpha value is -2.08. The Balaban J connectivity index is 2.47. The largest absolute Gasteiger partial charge is 0.326 e. The number of aromatic nitrogens is 2. The summed E-state index contributed by atoms with van der Waals surface area (Å²) in [6, 6.07) is 5.42. The number of fused-ring (bicyclic) bond motifs is 1. The molecule has 0 bridgehead atoms. The maximum Gasteiger partial charge on any atom is 0.221 e. The minimum Gasteiger partial charge on any atom is -0.326 e. The average Bonchev–Trinajstić information content (AvgIpc) is 2.59. The molecular formula is C9H11N5O. The number of benzene rings is 1. The molecule has 0 aliphatic rings. The zero-order valence-electron chi connectivity index (χ0n) is 8.16. The van der Waals surface area contributed by atoms with Crippen LogP contribution in [0, 0.1) is 0 Å². The smallest absolute Gasteiger partial charge is 0.221 e. The molecule has 0 saturated carbocycles.